The zero-order valence-electron chi connectivity index (χ0n) is 11.8. The van der Waals surface area contributed by atoms with Crippen molar-refractivity contribution in [2.45, 2.75) is 13.0 Å². The molecule has 0 aliphatic carbocycles. The molecule has 5 nitrogen and oxygen atoms in total. The molecule has 2 rings (SSSR count). The molecule has 21 heavy (non-hydrogen) atoms. The molecule has 1 fully saturated rings. The molecule has 0 radical (unpaired) electrons. The van der Waals surface area contributed by atoms with Crippen LogP contribution in [0, 0.1) is 5.92 Å². The van der Waals surface area contributed by atoms with Crippen LogP contribution >= 0.6 is 0 Å². The summed E-state index contributed by atoms with van der Waals surface area (Å²) in [6.45, 7) is 5.83. The van der Waals surface area contributed by atoms with Crippen molar-refractivity contribution < 1.29 is 14.3 Å². The maximum Gasteiger partial charge on any atom is 0.319 e. The Morgan fingerprint density at radius 2 is 2.10 bits per heavy atom. The average Bonchev–Trinajstić information content (AvgIpc) is 2.47. The number of benzene rings is 1. The van der Waals surface area contributed by atoms with Crippen LogP contribution in [0.3, 0.4) is 0 Å². The number of urea groups is 1. The fraction of sp³-hybridized carbons (Fsp3) is 0.250. The number of allylic oxidation sites excluding steroid dienone is 1. The van der Waals surface area contributed by atoms with Crippen molar-refractivity contribution in [1.29, 1.82) is 0 Å². The van der Waals surface area contributed by atoms with E-state index in [4.69, 9.17) is 4.74 Å². The van der Waals surface area contributed by atoms with E-state index in [1.165, 1.54) is 0 Å². The van der Waals surface area contributed by atoms with Gasteiger partial charge in [-0.2, -0.15) is 0 Å². The number of hydrogen-bond acceptors (Lipinski definition) is 3. The first kappa shape index (κ1) is 14.8. The van der Waals surface area contributed by atoms with Gasteiger partial charge in [0.25, 0.3) is 0 Å². The minimum Gasteiger partial charge on any atom is -0.461 e. The second-order valence-electron chi connectivity index (χ2n) is 4.69. The first-order valence-electron chi connectivity index (χ1n) is 6.72. The topological polar surface area (TPSA) is 67.4 Å². The third-order valence-electron chi connectivity index (χ3n) is 3.24. The van der Waals surface area contributed by atoms with Crippen molar-refractivity contribution in [3.05, 3.63) is 60.3 Å². The molecule has 1 aromatic carbocycles. The van der Waals surface area contributed by atoms with E-state index in [2.05, 4.69) is 17.2 Å². The monoisotopic (exact) mass is 286 g/mol. The number of ether oxygens (including phenoxy) is 1. The smallest absolute Gasteiger partial charge is 0.319 e. The summed E-state index contributed by atoms with van der Waals surface area (Å²) in [5.74, 6) is -1.07. The van der Waals surface area contributed by atoms with Crippen LogP contribution < -0.4 is 10.6 Å². The Balaban J connectivity index is 2.23. The molecule has 2 atom stereocenters. The molecule has 2 amide bonds. The van der Waals surface area contributed by atoms with Gasteiger partial charge in [-0.25, -0.2) is 4.79 Å². The summed E-state index contributed by atoms with van der Waals surface area (Å²) >= 11 is 0. The molecule has 0 unspecified atom stereocenters. The molecule has 1 aliphatic rings. The molecule has 0 aromatic heterocycles. The minimum absolute atomic E-state index is 0.203. The molecule has 5 heteroatoms. The van der Waals surface area contributed by atoms with Crippen LogP contribution in [0.15, 0.2) is 54.8 Å². The van der Waals surface area contributed by atoms with Gasteiger partial charge in [-0.3, -0.25) is 4.79 Å². The molecule has 1 heterocycles. The standard InChI is InChI=1S/C16H18N2O3/c1-3-4-10-21-15(19)13-11(2)17-16(20)18-14(13)12-8-6-5-7-9-12/h3-9,13-14H,2,10H2,1H3,(H2,17,18,20)/b4-3+/t13-,14+/m1/s1. The fourth-order valence-electron chi connectivity index (χ4n) is 2.22. The van der Waals surface area contributed by atoms with Crippen molar-refractivity contribution in [1.82, 2.24) is 10.6 Å². The van der Waals surface area contributed by atoms with Crippen LogP contribution in [0.2, 0.25) is 0 Å². The summed E-state index contributed by atoms with van der Waals surface area (Å²) < 4.78 is 5.20. The fourth-order valence-corrected chi connectivity index (χ4v) is 2.22. The SMILES string of the molecule is C=C1NC(=O)N[C@@H](c2ccccc2)[C@@H]1C(=O)OC/C=C/C. The van der Waals surface area contributed by atoms with Gasteiger partial charge in [-0.05, 0) is 12.5 Å². The molecule has 0 spiro atoms. The largest absolute Gasteiger partial charge is 0.461 e. The van der Waals surface area contributed by atoms with Crippen LogP contribution in [-0.2, 0) is 9.53 Å². The molecule has 1 saturated heterocycles. The lowest BCUT2D eigenvalue weighted by Gasteiger charge is -2.33. The van der Waals surface area contributed by atoms with E-state index in [0.29, 0.717) is 5.70 Å². The quantitative estimate of drug-likeness (QED) is 0.659. The molecular weight excluding hydrogens is 268 g/mol. The summed E-state index contributed by atoms with van der Waals surface area (Å²) in [6, 6.07) is 8.45. The van der Waals surface area contributed by atoms with E-state index >= 15 is 0 Å². The molecule has 110 valence electrons. The number of hydrogen-bond donors (Lipinski definition) is 2. The molecular formula is C16H18N2O3. The molecule has 0 saturated carbocycles. The van der Waals surface area contributed by atoms with E-state index < -0.39 is 17.9 Å². The third-order valence-corrected chi connectivity index (χ3v) is 3.24. The summed E-state index contributed by atoms with van der Waals surface area (Å²) in [6.07, 6.45) is 3.55. The number of carbonyl (C=O) groups is 2. The summed E-state index contributed by atoms with van der Waals surface area (Å²) in [7, 11) is 0. The van der Waals surface area contributed by atoms with Crippen LogP contribution in [0.4, 0.5) is 4.79 Å². The van der Waals surface area contributed by atoms with Crippen molar-refractivity contribution in [2.75, 3.05) is 6.61 Å². The second-order valence-corrected chi connectivity index (χ2v) is 4.69. The van der Waals surface area contributed by atoms with Gasteiger partial charge in [-0.1, -0.05) is 49.1 Å². The first-order valence-corrected chi connectivity index (χ1v) is 6.72. The van der Waals surface area contributed by atoms with Crippen molar-refractivity contribution >= 4 is 12.0 Å². The maximum absolute atomic E-state index is 12.3. The highest BCUT2D eigenvalue weighted by atomic mass is 16.5. The predicted molar refractivity (Wildman–Crippen MR) is 79.3 cm³/mol. The number of esters is 1. The summed E-state index contributed by atoms with van der Waals surface area (Å²) in [5.41, 5.74) is 1.18. The van der Waals surface area contributed by atoms with Crippen molar-refractivity contribution in [3.63, 3.8) is 0 Å². The number of carbonyl (C=O) groups excluding carboxylic acids is 2. The highest BCUT2D eigenvalue weighted by Gasteiger charge is 2.38. The van der Waals surface area contributed by atoms with Gasteiger partial charge in [0.15, 0.2) is 0 Å². The number of nitrogens with one attached hydrogen (secondary N) is 2. The highest BCUT2D eigenvalue weighted by molar-refractivity contribution is 5.85. The van der Waals surface area contributed by atoms with Gasteiger partial charge in [0.1, 0.15) is 12.5 Å². The Labute approximate surface area is 123 Å². The summed E-state index contributed by atoms with van der Waals surface area (Å²) in [5, 5.41) is 5.29. The molecule has 1 aromatic rings. The van der Waals surface area contributed by atoms with E-state index in [1.54, 1.807) is 12.2 Å². The number of amides is 2. The Morgan fingerprint density at radius 1 is 1.38 bits per heavy atom. The highest BCUT2D eigenvalue weighted by Crippen LogP contribution is 2.30. The lowest BCUT2D eigenvalue weighted by molar-refractivity contribution is -0.147. The maximum atomic E-state index is 12.3. The first-order chi connectivity index (χ1) is 10.1. The second kappa shape index (κ2) is 6.74. The normalized spacial score (nSPS) is 21.8. The van der Waals surface area contributed by atoms with Gasteiger partial charge in [0, 0.05) is 5.70 Å². The Hall–Kier alpha value is -2.56. The van der Waals surface area contributed by atoms with E-state index in [9.17, 15) is 9.59 Å². The minimum atomic E-state index is -0.657. The van der Waals surface area contributed by atoms with Crippen LogP contribution in [0.25, 0.3) is 0 Å². The van der Waals surface area contributed by atoms with Gasteiger partial charge in [0.05, 0.1) is 6.04 Å². The zero-order valence-corrected chi connectivity index (χ0v) is 11.8. The van der Waals surface area contributed by atoms with E-state index in [1.807, 2.05) is 37.3 Å². The Bertz CT molecular complexity index is 566. The summed E-state index contributed by atoms with van der Waals surface area (Å²) in [4.78, 5) is 23.9. The molecule has 0 bridgehead atoms. The van der Waals surface area contributed by atoms with E-state index in [0.717, 1.165) is 5.56 Å². The van der Waals surface area contributed by atoms with Gasteiger partial charge in [0.2, 0.25) is 0 Å². The van der Waals surface area contributed by atoms with Gasteiger partial charge >= 0.3 is 12.0 Å². The van der Waals surface area contributed by atoms with E-state index in [-0.39, 0.29) is 12.6 Å². The van der Waals surface area contributed by atoms with Crippen molar-refractivity contribution in [2.24, 2.45) is 5.92 Å². The Kier molecular flexibility index (Phi) is 4.77. The van der Waals surface area contributed by atoms with Gasteiger partial charge in [-0.15, -0.1) is 0 Å². The Morgan fingerprint density at radius 3 is 2.76 bits per heavy atom. The van der Waals surface area contributed by atoms with Crippen LogP contribution in [-0.4, -0.2) is 18.6 Å². The number of rotatable bonds is 4. The van der Waals surface area contributed by atoms with Crippen LogP contribution in [0.1, 0.15) is 18.5 Å². The zero-order chi connectivity index (χ0) is 15.2. The van der Waals surface area contributed by atoms with Gasteiger partial charge < -0.3 is 15.4 Å². The van der Waals surface area contributed by atoms with Crippen molar-refractivity contribution in [3.8, 4) is 0 Å². The average molecular weight is 286 g/mol. The lowest BCUT2D eigenvalue weighted by atomic mass is 9.89. The third kappa shape index (κ3) is 3.51. The molecule has 1 aliphatic heterocycles. The van der Waals surface area contributed by atoms with Crippen LogP contribution in [0.5, 0.6) is 0 Å². The predicted octanol–water partition coefficient (Wildman–Crippen LogP) is 2.29. The lowest BCUT2D eigenvalue weighted by Crippen LogP contribution is -2.51. The molecule has 2 N–H and O–H groups in total.